The van der Waals surface area contributed by atoms with E-state index in [9.17, 15) is 4.79 Å². The molecule has 28 heavy (non-hydrogen) atoms. The zero-order valence-electron chi connectivity index (χ0n) is 15.5. The third-order valence-corrected chi connectivity index (χ3v) is 5.29. The number of hydrogen-bond acceptors (Lipinski definition) is 4. The van der Waals surface area contributed by atoms with Gasteiger partial charge in [-0.2, -0.15) is 0 Å². The molecule has 138 valence electrons. The molecule has 0 bridgehead atoms. The monoisotopic (exact) mass is 385 g/mol. The molecule has 0 aliphatic heterocycles. The number of pyridine rings is 1. The molecule has 0 radical (unpaired) electrons. The van der Waals surface area contributed by atoms with Gasteiger partial charge in [-0.3, -0.25) is 14.7 Å². The second-order valence-electron chi connectivity index (χ2n) is 6.41. The fourth-order valence-corrected chi connectivity index (χ4v) is 3.98. The van der Waals surface area contributed by atoms with E-state index in [0.717, 1.165) is 27.9 Å². The Labute approximate surface area is 167 Å². The predicted molar refractivity (Wildman–Crippen MR) is 116 cm³/mol. The van der Waals surface area contributed by atoms with Crippen molar-refractivity contribution in [2.24, 2.45) is 0 Å². The molecule has 0 aliphatic rings. The molecule has 2 aromatic heterocycles. The van der Waals surface area contributed by atoms with E-state index in [1.54, 1.807) is 11.0 Å². The molecule has 4 aromatic rings. The molecule has 0 saturated heterocycles. The molecule has 2 aromatic carbocycles. The minimum absolute atomic E-state index is 0.101. The first-order chi connectivity index (χ1) is 13.7. The number of thiazole rings is 1. The zero-order valence-corrected chi connectivity index (χ0v) is 16.3. The lowest BCUT2D eigenvalue weighted by atomic mass is 10.1. The van der Waals surface area contributed by atoms with Crippen LogP contribution in [0.5, 0.6) is 0 Å². The molecule has 0 unspecified atom stereocenters. The number of hydrogen-bond donors (Lipinski definition) is 0. The first kappa shape index (κ1) is 18.1. The van der Waals surface area contributed by atoms with Gasteiger partial charge in [0, 0.05) is 28.6 Å². The van der Waals surface area contributed by atoms with E-state index in [-0.39, 0.29) is 5.91 Å². The Morgan fingerprint density at radius 1 is 1.11 bits per heavy atom. The fraction of sp³-hybridized carbons (Fsp3) is 0.0870. The van der Waals surface area contributed by atoms with E-state index in [1.165, 1.54) is 11.3 Å². The lowest BCUT2D eigenvalue weighted by Gasteiger charge is -2.19. The van der Waals surface area contributed by atoms with Crippen LogP contribution in [0.1, 0.15) is 16.1 Å². The van der Waals surface area contributed by atoms with Crippen molar-refractivity contribution in [3.05, 3.63) is 90.0 Å². The second-order valence-corrected chi connectivity index (χ2v) is 7.25. The number of carbonyl (C=O) groups excluding carboxylic acids is 1. The van der Waals surface area contributed by atoms with E-state index >= 15 is 0 Å². The van der Waals surface area contributed by atoms with Gasteiger partial charge in [-0.05, 0) is 19.1 Å². The van der Waals surface area contributed by atoms with Crippen LogP contribution in [-0.4, -0.2) is 22.4 Å². The Morgan fingerprint density at radius 2 is 1.86 bits per heavy atom. The normalized spacial score (nSPS) is 10.8. The van der Waals surface area contributed by atoms with Gasteiger partial charge < -0.3 is 0 Å². The number of aromatic nitrogens is 2. The summed E-state index contributed by atoms with van der Waals surface area (Å²) < 4.78 is 0. The van der Waals surface area contributed by atoms with Crippen LogP contribution >= 0.6 is 11.3 Å². The Hall–Kier alpha value is -3.31. The van der Waals surface area contributed by atoms with Crippen molar-refractivity contribution in [2.75, 3.05) is 11.4 Å². The molecular formula is C23H19N3OS. The van der Waals surface area contributed by atoms with Crippen LogP contribution < -0.4 is 4.90 Å². The standard InChI is InChI=1S/C23H19N3OS/c1-3-13-26(23-25-21(15-28-23)17-9-5-4-6-10-17)22(27)19-14-16(2)24-20-12-8-7-11-18(19)20/h3-12,14-15H,1,13H2,2H3. The third-order valence-electron chi connectivity index (χ3n) is 4.42. The second kappa shape index (κ2) is 7.74. The SMILES string of the molecule is C=CCN(C(=O)c1cc(C)nc2ccccc12)c1nc(-c2ccccc2)cs1. The van der Waals surface area contributed by atoms with Gasteiger partial charge in [0.05, 0.1) is 16.8 Å². The number of nitrogens with zero attached hydrogens (tertiary/aromatic N) is 3. The number of carbonyl (C=O) groups is 1. The Kier molecular flexibility index (Phi) is 5.00. The van der Waals surface area contributed by atoms with E-state index < -0.39 is 0 Å². The topological polar surface area (TPSA) is 46.1 Å². The highest BCUT2D eigenvalue weighted by Gasteiger charge is 2.22. The largest absolute Gasteiger partial charge is 0.280 e. The van der Waals surface area contributed by atoms with Gasteiger partial charge in [0.25, 0.3) is 5.91 Å². The smallest absolute Gasteiger partial charge is 0.261 e. The summed E-state index contributed by atoms with van der Waals surface area (Å²) in [5.74, 6) is -0.101. The van der Waals surface area contributed by atoms with Crippen molar-refractivity contribution in [3.8, 4) is 11.3 Å². The summed E-state index contributed by atoms with van der Waals surface area (Å²) in [6.45, 7) is 6.10. The Morgan fingerprint density at radius 3 is 2.64 bits per heavy atom. The summed E-state index contributed by atoms with van der Waals surface area (Å²) in [5.41, 5.74) is 4.14. The van der Waals surface area contributed by atoms with E-state index in [1.807, 2.05) is 73.0 Å². The van der Waals surface area contributed by atoms with Crippen LogP contribution in [0.15, 0.2) is 78.7 Å². The first-order valence-corrected chi connectivity index (χ1v) is 9.85. The maximum atomic E-state index is 13.5. The number of aryl methyl sites for hydroxylation is 1. The molecule has 0 N–H and O–H groups in total. The number of anilines is 1. The van der Waals surface area contributed by atoms with Gasteiger partial charge in [-0.25, -0.2) is 4.98 Å². The number of benzene rings is 2. The average molecular weight is 385 g/mol. The molecule has 4 rings (SSSR count). The van der Waals surface area contributed by atoms with Gasteiger partial charge in [0.15, 0.2) is 5.13 Å². The molecule has 0 spiro atoms. The fourth-order valence-electron chi connectivity index (χ4n) is 3.14. The third kappa shape index (κ3) is 3.44. The summed E-state index contributed by atoms with van der Waals surface area (Å²) in [5, 5.41) is 3.47. The minimum atomic E-state index is -0.101. The van der Waals surface area contributed by atoms with Gasteiger partial charge in [0.2, 0.25) is 0 Å². The maximum Gasteiger partial charge on any atom is 0.261 e. The molecule has 0 fully saturated rings. The number of para-hydroxylation sites is 1. The summed E-state index contributed by atoms with van der Waals surface area (Å²) >= 11 is 1.46. The van der Waals surface area contributed by atoms with Crippen molar-refractivity contribution in [2.45, 2.75) is 6.92 Å². The van der Waals surface area contributed by atoms with Crippen LogP contribution in [0.4, 0.5) is 5.13 Å². The Bertz CT molecular complexity index is 1150. The highest BCUT2D eigenvalue weighted by Crippen LogP contribution is 2.29. The summed E-state index contributed by atoms with van der Waals surface area (Å²) in [4.78, 5) is 24.4. The predicted octanol–water partition coefficient (Wildman–Crippen LogP) is 5.50. The van der Waals surface area contributed by atoms with Crippen LogP contribution in [0, 0.1) is 6.92 Å². The van der Waals surface area contributed by atoms with Crippen LogP contribution in [-0.2, 0) is 0 Å². The summed E-state index contributed by atoms with van der Waals surface area (Å²) in [6.07, 6.45) is 1.72. The minimum Gasteiger partial charge on any atom is -0.280 e. The lowest BCUT2D eigenvalue weighted by molar-refractivity contribution is 0.0991. The average Bonchev–Trinajstić information content (AvgIpc) is 3.21. The molecular weight excluding hydrogens is 366 g/mol. The van der Waals surface area contributed by atoms with Crippen LogP contribution in [0.3, 0.4) is 0 Å². The van der Waals surface area contributed by atoms with Crippen LogP contribution in [0.25, 0.3) is 22.2 Å². The highest BCUT2D eigenvalue weighted by atomic mass is 32.1. The van der Waals surface area contributed by atoms with E-state index in [4.69, 9.17) is 4.98 Å². The van der Waals surface area contributed by atoms with Crippen molar-refractivity contribution < 1.29 is 4.79 Å². The highest BCUT2D eigenvalue weighted by molar-refractivity contribution is 7.14. The summed E-state index contributed by atoms with van der Waals surface area (Å²) in [7, 11) is 0. The van der Waals surface area contributed by atoms with Crippen molar-refractivity contribution in [1.29, 1.82) is 0 Å². The van der Waals surface area contributed by atoms with Gasteiger partial charge in [-0.1, -0.05) is 54.6 Å². The first-order valence-electron chi connectivity index (χ1n) is 8.97. The summed E-state index contributed by atoms with van der Waals surface area (Å²) in [6, 6.07) is 19.5. The quantitative estimate of drug-likeness (QED) is 0.426. The van der Waals surface area contributed by atoms with E-state index in [0.29, 0.717) is 17.2 Å². The zero-order chi connectivity index (χ0) is 19.5. The van der Waals surface area contributed by atoms with Crippen molar-refractivity contribution in [3.63, 3.8) is 0 Å². The van der Waals surface area contributed by atoms with Gasteiger partial charge in [0.1, 0.15) is 0 Å². The maximum absolute atomic E-state index is 13.5. The molecule has 0 saturated carbocycles. The molecule has 1 amide bonds. The number of rotatable bonds is 5. The Balaban J connectivity index is 1.76. The lowest BCUT2D eigenvalue weighted by Crippen LogP contribution is -2.31. The number of amides is 1. The van der Waals surface area contributed by atoms with Crippen molar-refractivity contribution >= 4 is 33.3 Å². The molecule has 2 heterocycles. The molecule has 4 nitrogen and oxygen atoms in total. The van der Waals surface area contributed by atoms with Gasteiger partial charge >= 0.3 is 0 Å². The molecule has 5 heteroatoms. The van der Waals surface area contributed by atoms with E-state index in [2.05, 4.69) is 11.6 Å². The van der Waals surface area contributed by atoms with Crippen LogP contribution in [0.2, 0.25) is 0 Å². The van der Waals surface area contributed by atoms with Gasteiger partial charge in [-0.15, -0.1) is 17.9 Å². The number of fused-ring (bicyclic) bond motifs is 1. The molecule has 0 atom stereocenters. The molecule has 0 aliphatic carbocycles. The van der Waals surface area contributed by atoms with Crippen molar-refractivity contribution in [1.82, 2.24) is 9.97 Å².